The molecule has 0 N–H and O–H groups in total. The Morgan fingerprint density at radius 3 is 2.53 bits per heavy atom. The maximum Gasteiger partial charge on any atom is 0.194 e. The Morgan fingerprint density at radius 2 is 1.89 bits per heavy atom. The number of thiazole rings is 1. The van der Waals surface area contributed by atoms with Gasteiger partial charge in [-0.05, 0) is 31.9 Å². The number of aryl methyl sites for hydroxylation is 3. The summed E-state index contributed by atoms with van der Waals surface area (Å²) in [5, 5.41) is 1.94. The highest BCUT2D eigenvalue weighted by molar-refractivity contribution is 7.15. The normalized spacial score (nSPS) is 11.1. The first kappa shape index (κ1) is 12.1. The van der Waals surface area contributed by atoms with Gasteiger partial charge < -0.3 is 0 Å². The van der Waals surface area contributed by atoms with E-state index in [4.69, 9.17) is 0 Å². The van der Waals surface area contributed by atoms with Crippen molar-refractivity contribution in [3.8, 4) is 11.3 Å². The maximum atomic E-state index is 11.4. The van der Waals surface area contributed by atoms with Crippen LogP contribution in [0.3, 0.4) is 0 Å². The van der Waals surface area contributed by atoms with Gasteiger partial charge in [0, 0.05) is 17.1 Å². The molecule has 4 heteroatoms. The van der Waals surface area contributed by atoms with E-state index in [0.717, 1.165) is 33.6 Å². The predicted octanol–water partition coefficient (Wildman–Crippen LogP) is 3.80. The minimum Gasteiger partial charge on any atom is -0.296 e. The van der Waals surface area contributed by atoms with Crippen LogP contribution in [0.5, 0.6) is 0 Å². The molecule has 3 nitrogen and oxygen atoms in total. The first-order chi connectivity index (χ1) is 9.11. The van der Waals surface area contributed by atoms with Crippen molar-refractivity contribution in [1.29, 1.82) is 0 Å². The summed E-state index contributed by atoms with van der Waals surface area (Å²) in [5.74, 6) is 0. The number of aldehydes is 1. The molecule has 0 saturated carbocycles. The van der Waals surface area contributed by atoms with Crippen LogP contribution in [0.15, 0.2) is 23.7 Å². The lowest BCUT2D eigenvalue weighted by Crippen LogP contribution is -1.95. The molecule has 0 unspecified atom stereocenters. The SMILES string of the molecule is Cc1cc(C)c(-c2nc3sccn3c2C=O)c(C)c1. The molecule has 3 aromatic rings. The van der Waals surface area contributed by atoms with Gasteiger partial charge in [0.2, 0.25) is 0 Å². The molecule has 0 aliphatic heterocycles. The van der Waals surface area contributed by atoms with Crippen LogP contribution in [0.2, 0.25) is 0 Å². The lowest BCUT2D eigenvalue weighted by Gasteiger charge is -2.09. The standard InChI is InChI=1S/C15H14N2OS/c1-9-6-10(2)13(11(3)7-9)14-12(8-18)17-4-5-19-15(17)16-14/h4-8H,1-3H3. The molecule has 0 spiro atoms. The van der Waals surface area contributed by atoms with Crippen LogP contribution in [0.4, 0.5) is 0 Å². The number of carbonyl (C=O) groups excluding carboxylic acids is 1. The largest absolute Gasteiger partial charge is 0.296 e. The van der Waals surface area contributed by atoms with Crippen LogP contribution >= 0.6 is 11.3 Å². The van der Waals surface area contributed by atoms with E-state index in [0.29, 0.717) is 5.69 Å². The Bertz CT molecular complexity index is 760. The van der Waals surface area contributed by atoms with Crippen molar-refractivity contribution in [2.75, 3.05) is 0 Å². The summed E-state index contributed by atoms with van der Waals surface area (Å²) in [7, 11) is 0. The zero-order valence-corrected chi connectivity index (χ0v) is 11.9. The van der Waals surface area contributed by atoms with Gasteiger partial charge in [-0.2, -0.15) is 0 Å². The van der Waals surface area contributed by atoms with Crippen molar-refractivity contribution in [1.82, 2.24) is 9.38 Å². The molecule has 0 saturated heterocycles. The van der Waals surface area contributed by atoms with Crippen LogP contribution < -0.4 is 0 Å². The minimum absolute atomic E-state index is 0.631. The maximum absolute atomic E-state index is 11.4. The Hall–Kier alpha value is -1.94. The summed E-state index contributed by atoms with van der Waals surface area (Å²) in [6.45, 7) is 6.21. The first-order valence-electron chi connectivity index (χ1n) is 6.10. The lowest BCUT2D eigenvalue weighted by atomic mass is 9.96. The Balaban J connectivity index is 2.36. The number of hydrogen-bond acceptors (Lipinski definition) is 3. The van der Waals surface area contributed by atoms with Crippen LogP contribution in [0.1, 0.15) is 27.2 Å². The molecule has 0 aliphatic rings. The van der Waals surface area contributed by atoms with Crippen molar-refractivity contribution in [3.05, 3.63) is 46.1 Å². The van der Waals surface area contributed by atoms with Gasteiger partial charge in [-0.25, -0.2) is 4.98 Å². The zero-order valence-electron chi connectivity index (χ0n) is 11.1. The van der Waals surface area contributed by atoms with Crippen LogP contribution in [-0.2, 0) is 0 Å². The van der Waals surface area contributed by atoms with Crippen molar-refractivity contribution < 1.29 is 4.79 Å². The molecule has 0 amide bonds. The van der Waals surface area contributed by atoms with Crippen LogP contribution in [0, 0.1) is 20.8 Å². The molecule has 0 aliphatic carbocycles. The third-order valence-electron chi connectivity index (χ3n) is 3.32. The fourth-order valence-electron chi connectivity index (χ4n) is 2.65. The van der Waals surface area contributed by atoms with Gasteiger partial charge in [-0.1, -0.05) is 17.7 Å². The molecule has 3 rings (SSSR count). The van der Waals surface area contributed by atoms with Gasteiger partial charge in [0.05, 0.1) is 0 Å². The van der Waals surface area contributed by atoms with Crippen LogP contribution in [0.25, 0.3) is 16.2 Å². The molecule has 0 atom stereocenters. The Labute approximate surface area is 115 Å². The summed E-state index contributed by atoms with van der Waals surface area (Å²) in [6.07, 6.45) is 2.78. The highest BCUT2D eigenvalue weighted by Gasteiger charge is 2.17. The molecule has 2 heterocycles. The number of hydrogen-bond donors (Lipinski definition) is 0. The number of rotatable bonds is 2. The predicted molar refractivity (Wildman–Crippen MR) is 78.1 cm³/mol. The van der Waals surface area contributed by atoms with E-state index in [2.05, 4.69) is 37.9 Å². The lowest BCUT2D eigenvalue weighted by molar-refractivity contribution is 0.111. The van der Waals surface area contributed by atoms with Gasteiger partial charge in [-0.15, -0.1) is 11.3 Å². The molecule has 0 fully saturated rings. The minimum atomic E-state index is 0.631. The smallest absolute Gasteiger partial charge is 0.194 e. The van der Waals surface area contributed by atoms with Crippen molar-refractivity contribution in [3.63, 3.8) is 0 Å². The molecule has 1 aromatic carbocycles. The first-order valence-corrected chi connectivity index (χ1v) is 6.98. The number of benzene rings is 1. The molecular weight excluding hydrogens is 256 g/mol. The zero-order chi connectivity index (χ0) is 13.6. The van der Waals surface area contributed by atoms with Crippen molar-refractivity contribution in [2.24, 2.45) is 0 Å². The topological polar surface area (TPSA) is 34.4 Å². The molecule has 0 bridgehead atoms. The van der Waals surface area contributed by atoms with Gasteiger partial charge in [0.1, 0.15) is 11.4 Å². The number of carbonyl (C=O) groups is 1. The summed E-state index contributed by atoms with van der Waals surface area (Å²) in [6, 6.07) is 4.26. The second-order valence-corrected chi connectivity index (χ2v) is 5.67. The Kier molecular flexibility index (Phi) is 2.75. The molecule has 96 valence electrons. The van der Waals surface area contributed by atoms with E-state index in [9.17, 15) is 4.79 Å². The summed E-state index contributed by atoms with van der Waals surface area (Å²) in [4.78, 5) is 16.9. The third-order valence-corrected chi connectivity index (χ3v) is 4.08. The van der Waals surface area contributed by atoms with E-state index in [1.165, 1.54) is 5.56 Å². The summed E-state index contributed by atoms with van der Waals surface area (Å²) >= 11 is 1.54. The van der Waals surface area contributed by atoms with E-state index < -0.39 is 0 Å². The van der Waals surface area contributed by atoms with E-state index in [-0.39, 0.29) is 0 Å². The average molecular weight is 270 g/mol. The second-order valence-electron chi connectivity index (χ2n) is 4.79. The second kappa shape index (κ2) is 4.31. The van der Waals surface area contributed by atoms with Gasteiger partial charge in [0.25, 0.3) is 0 Å². The van der Waals surface area contributed by atoms with Gasteiger partial charge >= 0.3 is 0 Å². The van der Waals surface area contributed by atoms with Crippen LogP contribution in [-0.4, -0.2) is 15.7 Å². The summed E-state index contributed by atoms with van der Waals surface area (Å²) in [5.41, 5.74) is 6.04. The summed E-state index contributed by atoms with van der Waals surface area (Å²) < 4.78 is 1.85. The van der Waals surface area contributed by atoms with Gasteiger partial charge in [0.15, 0.2) is 11.2 Å². The fourth-order valence-corrected chi connectivity index (χ4v) is 3.37. The molecule has 0 radical (unpaired) electrons. The highest BCUT2D eigenvalue weighted by atomic mass is 32.1. The monoisotopic (exact) mass is 270 g/mol. The molecule has 19 heavy (non-hydrogen) atoms. The Morgan fingerprint density at radius 1 is 1.21 bits per heavy atom. The van der Waals surface area contributed by atoms with E-state index in [1.54, 1.807) is 11.3 Å². The van der Waals surface area contributed by atoms with Crippen molar-refractivity contribution >= 4 is 22.6 Å². The number of fused-ring (bicyclic) bond motifs is 1. The number of imidazole rings is 1. The highest BCUT2D eigenvalue weighted by Crippen LogP contribution is 2.31. The van der Waals surface area contributed by atoms with Gasteiger partial charge in [-0.3, -0.25) is 9.20 Å². The number of nitrogens with zero attached hydrogens (tertiary/aromatic N) is 2. The third kappa shape index (κ3) is 1.79. The quantitative estimate of drug-likeness (QED) is 0.664. The van der Waals surface area contributed by atoms with E-state index in [1.807, 2.05) is 16.0 Å². The molecular formula is C15H14N2OS. The van der Waals surface area contributed by atoms with E-state index >= 15 is 0 Å². The number of aromatic nitrogens is 2. The fraction of sp³-hybridized carbons (Fsp3) is 0.200. The molecule has 2 aromatic heterocycles. The van der Waals surface area contributed by atoms with Crippen molar-refractivity contribution in [2.45, 2.75) is 20.8 Å². The average Bonchev–Trinajstić information content (AvgIpc) is 2.87.